The summed E-state index contributed by atoms with van der Waals surface area (Å²) in [4.78, 5) is 8.52. The molecule has 1 aromatic rings. The van der Waals surface area contributed by atoms with Gasteiger partial charge in [0.15, 0.2) is 5.96 Å². The van der Waals surface area contributed by atoms with E-state index in [-0.39, 0.29) is 5.54 Å². The predicted octanol–water partition coefficient (Wildman–Crippen LogP) is 1.24. The third kappa shape index (κ3) is 5.94. The van der Waals surface area contributed by atoms with Gasteiger partial charge in [0.1, 0.15) is 0 Å². The first-order valence-corrected chi connectivity index (χ1v) is 6.03. The van der Waals surface area contributed by atoms with E-state index in [1.165, 1.54) is 0 Å². The summed E-state index contributed by atoms with van der Waals surface area (Å²) in [6, 6.07) is 0. The number of guanidine groups is 1. The van der Waals surface area contributed by atoms with Gasteiger partial charge >= 0.3 is 0 Å². The highest BCUT2D eigenvalue weighted by molar-refractivity contribution is 5.80. The Morgan fingerprint density at radius 3 is 2.71 bits per heavy atom. The van der Waals surface area contributed by atoms with E-state index in [1.54, 1.807) is 12.5 Å². The fraction of sp³-hybridized carbons (Fsp3) is 0.667. The number of nitrogens with zero attached hydrogens (tertiary/aromatic N) is 3. The van der Waals surface area contributed by atoms with Crippen molar-refractivity contribution in [1.82, 2.24) is 20.2 Å². The molecule has 0 radical (unpaired) electrons. The Balaban J connectivity index is 2.46. The van der Waals surface area contributed by atoms with Crippen LogP contribution in [0, 0.1) is 0 Å². The van der Waals surface area contributed by atoms with Gasteiger partial charge in [-0.05, 0) is 27.7 Å². The van der Waals surface area contributed by atoms with Crippen molar-refractivity contribution in [3.05, 3.63) is 18.7 Å². The van der Waals surface area contributed by atoms with Gasteiger partial charge in [-0.3, -0.25) is 4.99 Å². The van der Waals surface area contributed by atoms with Crippen molar-refractivity contribution in [2.24, 2.45) is 4.99 Å². The molecule has 0 atom stereocenters. The molecule has 0 saturated carbocycles. The summed E-state index contributed by atoms with van der Waals surface area (Å²) in [5.74, 6) is 0.861. The van der Waals surface area contributed by atoms with E-state index in [0.29, 0.717) is 0 Å². The quantitative estimate of drug-likeness (QED) is 0.612. The first kappa shape index (κ1) is 13.5. The zero-order chi connectivity index (χ0) is 12.7. The minimum absolute atomic E-state index is 0.0238. The second-order valence-corrected chi connectivity index (χ2v) is 4.94. The topological polar surface area (TPSA) is 54.2 Å². The molecule has 5 heteroatoms. The molecule has 0 spiro atoms. The van der Waals surface area contributed by atoms with E-state index in [9.17, 15) is 0 Å². The molecular weight excluding hydrogens is 214 g/mol. The lowest BCUT2D eigenvalue weighted by molar-refractivity contribution is 0.501. The molecule has 5 nitrogen and oxygen atoms in total. The average Bonchev–Trinajstić information content (AvgIpc) is 2.68. The molecule has 0 aliphatic rings. The van der Waals surface area contributed by atoms with Gasteiger partial charge in [-0.1, -0.05) is 0 Å². The zero-order valence-electron chi connectivity index (χ0n) is 11.2. The number of aliphatic imine (C=N–C) groups is 1. The summed E-state index contributed by atoms with van der Waals surface area (Å²) in [7, 11) is 0. The van der Waals surface area contributed by atoms with Crippen LogP contribution in [0.25, 0.3) is 0 Å². The van der Waals surface area contributed by atoms with Crippen LogP contribution >= 0.6 is 0 Å². The molecule has 0 aliphatic heterocycles. The van der Waals surface area contributed by atoms with Crippen molar-refractivity contribution in [2.75, 3.05) is 13.1 Å². The third-order valence-electron chi connectivity index (χ3n) is 2.02. The van der Waals surface area contributed by atoms with Crippen molar-refractivity contribution in [3.63, 3.8) is 0 Å². The molecule has 96 valence electrons. The Morgan fingerprint density at radius 1 is 1.41 bits per heavy atom. The number of hydrogen-bond acceptors (Lipinski definition) is 2. The van der Waals surface area contributed by atoms with Gasteiger partial charge in [0.2, 0.25) is 0 Å². The minimum atomic E-state index is 0.0238. The molecule has 1 rings (SSSR count). The first-order valence-electron chi connectivity index (χ1n) is 6.03. The second-order valence-electron chi connectivity index (χ2n) is 4.94. The van der Waals surface area contributed by atoms with Crippen LogP contribution in [-0.4, -0.2) is 34.1 Å². The molecular formula is C12H23N5. The van der Waals surface area contributed by atoms with Crippen LogP contribution < -0.4 is 10.6 Å². The maximum absolute atomic E-state index is 4.52. The predicted molar refractivity (Wildman–Crippen MR) is 71.1 cm³/mol. The fourth-order valence-corrected chi connectivity index (χ4v) is 1.36. The van der Waals surface area contributed by atoms with E-state index in [0.717, 1.165) is 25.6 Å². The summed E-state index contributed by atoms with van der Waals surface area (Å²) in [6.07, 6.45) is 5.53. The molecule has 0 aromatic carbocycles. The fourth-order valence-electron chi connectivity index (χ4n) is 1.36. The maximum Gasteiger partial charge on any atom is 0.191 e. The van der Waals surface area contributed by atoms with Crippen LogP contribution in [0.15, 0.2) is 23.7 Å². The Hall–Kier alpha value is -1.52. The number of imidazole rings is 1. The van der Waals surface area contributed by atoms with Gasteiger partial charge in [-0.25, -0.2) is 4.98 Å². The van der Waals surface area contributed by atoms with Gasteiger partial charge in [-0.15, -0.1) is 0 Å². The molecule has 0 amide bonds. The SMILES string of the molecule is CCNC(=NCCn1ccnc1)NC(C)(C)C. The van der Waals surface area contributed by atoms with Gasteiger partial charge in [0.25, 0.3) is 0 Å². The highest BCUT2D eigenvalue weighted by Gasteiger charge is 2.11. The van der Waals surface area contributed by atoms with Crippen LogP contribution in [0.3, 0.4) is 0 Å². The molecule has 0 bridgehead atoms. The summed E-state index contributed by atoms with van der Waals surface area (Å²) in [5, 5.41) is 6.58. The zero-order valence-corrected chi connectivity index (χ0v) is 11.2. The van der Waals surface area contributed by atoms with Crippen LogP contribution in [0.1, 0.15) is 27.7 Å². The Bertz CT molecular complexity index is 334. The summed E-state index contributed by atoms with van der Waals surface area (Å²) >= 11 is 0. The molecule has 0 unspecified atom stereocenters. The molecule has 0 saturated heterocycles. The lowest BCUT2D eigenvalue weighted by Crippen LogP contribution is -2.47. The number of hydrogen-bond donors (Lipinski definition) is 2. The lowest BCUT2D eigenvalue weighted by atomic mass is 10.1. The van der Waals surface area contributed by atoms with Crippen molar-refractivity contribution in [2.45, 2.75) is 39.8 Å². The van der Waals surface area contributed by atoms with E-state index in [2.05, 4.69) is 48.3 Å². The van der Waals surface area contributed by atoms with Crippen molar-refractivity contribution in [3.8, 4) is 0 Å². The molecule has 1 heterocycles. The van der Waals surface area contributed by atoms with E-state index in [4.69, 9.17) is 0 Å². The maximum atomic E-state index is 4.52. The van der Waals surface area contributed by atoms with Crippen LogP contribution in [-0.2, 0) is 6.54 Å². The standard InChI is InChI=1S/C12H23N5/c1-5-14-11(16-12(2,3)4)15-7-9-17-8-6-13-10-17/h6,8,10H,5,7,9H2,1-4H3,(H2,14,15,16). The number of rotatable bonds is 4. The van der Waals surface area contributed by atoms with Gasteiger partial charge in [-0.2, -0.15) is 0 Å². The van der Waals surface area contributed by atoms with Crippen LogP contribution in [0.4, 0.5) is 0 Å². The van der Waals surface area contributed by atoms with Crippen molar-refractivity contribution in [1.29, 1.82) is 0 Å². The largest absolute Gasteiger partial charge is 0.357 e. The van der Waals surface area contributed by atoms with E-state index >= 15 is 0 Å². The number of nitrogens with one attached hydrogen (secondary N) is 2. The van der Waals surface area contributed by atoms with Gasteiger partial charge < -0.3 is 15.2 Å². The highest BCUT2D eigenvalue weighted by Crippen LogP contribution is 1.97. The van der Waals surface area contributed by atoms with Crippen molar-refractivity contribution < 1.29 is 0 Å². The minimum Gasteiger partial charge on any atom is -0.357 e. The smallest absolute Gasteiger partial charge is 0.191 e. The summed E-state index contributed by atoms with van der Waals surface area (Å²) in [6.45, 7) is 10.9. The molecule has 0 aliphatic carbocycles. The Morgan fingerprint density at radius 2 is 2.18 bits per heavy atom. The van der Waals surface area contributed by atoms with Gasteiger partial charge in [0.05, 0.1) is 12.9 Å². The van der Waals surface area contributed by atoms with Crippen molar-refractivity contribution >= 4 is 5.96 Å². The van der Waals surface area contributed by atoms with Crippen LogP contribution in [0.2, 0.25) is 0 Å². The van der Waals surface area contributed by atoms with E-state index in [1.807, 2.05) is 10.8 Å². The Kier molecular flexibility index (Phi) is 5.00. The highest BCUT2D eigenvalue weighted by atomic mass is 15.2. The van der Waals surface area contributed by atoms with Gasteiger partial charge in [0, 0.05) is 31.0 Å². The second kappa shape index (κ2) is 6.27. The molecule has 1 aromatic heterocycles. The van der Waals surface area contributed by atoms with Crippen LogP contribution in [0.5, 0.6) is 0 Å². The van der Waals surface area contributed by atoms with E-state index < -0.39 is 0 Å². The monoisotopic (exact) mass is 237 g/mol. The summed E-state index contributed by atoms with van der Waals surface area (Å²) in [5.41, 5.74) is 0.0238. The summed E-state index contributed by atoms with van der Waals surface area (Å²) < 4.78 is 2.02. The third-order valence-corrected chi connectivity index (χ3v) is 2.02. The Labute approximate surface area is 103 Å². The lowest BCUT2D eigenvalue weighted by Gasteiger charge is -2.23. The first-order chi connectivity index (χ1) is 8.01. The average molecular weight is 237 g/mol. The molecule has 2 N–H and O–H groups in total. The molecule has 0 fully saturated rings. The number of aromatic nitrogens is 2. The normalized spacial score (nSPS) is 12.6. The molecule has 17 heavy (non-hydrogen) atoms.